The lowest BCUT2D eigenvalue weighted by atomic mass is 9.95. The van der Waals surface area contributed by atoms with Crippen molar-refractivity contribution in [2.45, 2.75) is 57.5 Å². The zero-order valence-corrected chi connectivity index (χ0v) is 13.6. The summed E-state index contributed by atoms with van der Waals surface area (Å²) in [5, 5.41) is 7.11. The molecule has 2 heterocycles. The maximum absolute atomic E-state index is 13.0. The first kappa shape index (κ1) is 16.0. The first-order chi connectivity index (χ1) is 11.1. The van der Waals surface area contributed by atoms with Crippen LogP contribution in [-0.4, -0.2) is 50.6 Å². The lowest BCUT2D eigenvalue weighted by molar-refractivity contribution is -0.139. The van der Waals surface area contributed by atoms with Crippen LogP contribution in [0.5, 0.6) is 0 Å². The highest BCUT2D eigenvalue weighted by atomic mass is 16.2. The van der Waals surface area contributed by atoms with Crippen molar-refractivity contribution in [2.24, 2.45) is 5.92 Å². The third-order valence-electron chi connectivity index (χ3n) is 5.01. The Morgan fingerprint density at radius 1 is 1.22 bits per heavy atom. The van der Waals surface area contributed by atoms with E-state index in [2.05, 4.69) is 15.4 Å². The molecule has 1 saturated carbocycles. The summed E-state index contributed by atoms with van der Waals surface area (Å²) >= 11 is 0. The molecule has 1 aromatic rings. The van der Waals surface area contributed by atoms with Crippen molar-refractivity contribution in [2.75, 3.05) is 13.1 Å². The van der Waals surface area contributed by atoms with E-state index >= 15 is 0 Å². The summed E-state index contributed by atoms with van der Waals surface area (Å²) in [5.41, 5.74) is 0. The smallest absolute Gasteiger partial charge is 0.245 e. The fraction of sp³-hybridized carbons (Fsp3) is 0.750. The molecule has 0 spiro atoms. The SMILES string of the molecule is CC(=O)N[C@@H](C(=O)N1CCC[C@H](n2cncn2)C1)C1CCCC1. The Kier molecular flexibility index (Phi) is 4.93. The molecule has 1 saturated heterocycles. The van der Waals surface area contributed by atoms with Crippen LogP contribution in [0, 0.1) is 5.92 Å². The number of piperidine rings is 1. The van der Waals surface area contributed by atoms with Gasteiger partial charge in [-0.2, -0.15) is 5.10 Å². The Balaban J connectivity index is 1.69. The minimum absolute atomic E-state index is 0.0666. The van der Waals surface area contributed by atoms with Crippen molar-refractivity contribution in [1.29, 1.82) is 0 Å². The predicted molar refractivity (Wildman–Crippen MR) is 84.4 cm³/mol. The van der Waals surface area contributed by atoms with E-state index in [0.717, 1.165) is 45.1 Å². The summed E-state index contributed by atoms with van der Waals surface area (Å²) in [6.07, 6.45) is 9.54. The van der Waals surface area contributed by atoms with Gasteiger partial charge in [0.1, 0.15) is 18.7 Å². The molecular weight excluding hydrogens is 294 g/mol. The fourth-order valence-corrected chi connectivity index (χ4v) is 3.86. The number of carbonyl (C=O) groups excluding carboxylic acids is 2. The third kappa shape index (κ3) is 3.71. The van der Waals surface area contributed by atoms with Crippen LogP contribution in [0.15, 0.2) is 12.7 Å². The molecule has 1 aliphatic heterocycles. The summed E-state index contributed by atoms with van der Waals surface area (Å²) in [5.74, 6) is 0.218. The van der Waals surface area contributed by atoms with Crippen molar-refractivity contribution in [3.63, 3.8) is 0 Å². The quantitative estimate of drug-likeness (QED) is 0.902. The molecule has 3 rings (SSSR count). The minimum Gasteiger partial charge on any atom is -0.344 e. The van der Waals surface area contributed by atoms with Gasteiger partial charge >= 0.3 is 0 Å². The number of hydrogen-bond acceptors (Lipinski definition) is 4. The van der Waals surface area contributed by atoms with Crippen molar-refractivity contribution in [3.05, 3.63) is 12.7 Å². The Morgan fingerprint density at radius 2 is 2.00 bits per heavy atom. The topological polar surface area (TPSA) is 80.1 Å². The monoisotopic (exact) mass is 319 g/mol. The van der Waals surface area contributed by atoms with E-state index in [-0.39, 0.29) is 29.8 Å². The van der Waals surface area contributed by atoms with Gasteiger partial charge in [0.2, 0.25) is 11.8 Å². The van der Waals surface area contributed by atoms with E-state index in [1.165, 1.54) is 13.3 Å². The average molecular weight is 319 g/mol. The van der Waals surface area contributed by atoms with E-state index in [9.17, 15) is 9.59 Å². The molecule has 2 fully saturated rings. The molecule has 2 amide bonds. The molecule has 2 atom stereocenters. The molecule has 0 aromatic carbocycles. The number of nitrogens with one attached hydrogen (secondary N) is 1. The maximum Gasteiger partial charge on any atom is 0.245 e. The molecule has 1 aliphatic carbocycles. The van der Waals surface area contributed by atoms with Crippen LogP contribution in [0.1, 0.15) is 51.5 Å². The normalized spacial score (nSPS) is 23.7. The molecule has 0 unspecified atom stereocenters. The van der Waals surface area contributed by atoms with Crippen molar-refractivity contribution in [1.82, 2.24) is 25.0 Å². The maximum atomic E-state index is 13.0. The van der Waals surface area contributed by atoms with Crippen LogP contribution in [0.25, 0.3) is 0 Å². The number of aromatic nitrogens is 3. The predicted octanol–water partition coefficient (Wildman–Crippen LogP) is 1.14. The number of nitrogens with zero attached hydrogens (tertiary/aromatic N) is 4. The second kappa shape index (κ2) is 7.10. The van der Waals surface area contributed by atoms with E-state index in [1.54, 1.807) is 6.33 Å². The number of amides is 2. The summed E-state index contributed by atoms with van der Waals surface area (Å²) in [7, 11) is 0. The first-order valence-electron chi connectivity index (χ1n) is 8.55. The largest absolute Gasteiger partial charge is 0.344 e. The highest BCUT2D eigenvalue weighted by Crippen LogP contribution is 2.30. The molecule has 1 N–H and O–H groups in total. The van der Waals surface area contributed by atoms with Gasteiger partial charge in [0.25, 0.3) is 0 Å². The Hall–Kier alpha value is -1.92. The van der Waals surface area contributed by atoms with Crippen molar-refractivity contribution in [3.8, 4) is 0 Å². The van der Waals surface area contributed by atoms with Crippen LogP contribution in [0.2, 0.25) is 0 Å². The lowest BCUT2D eigenvalue weighted by Gasteiger charge is -2.36. The molecule has 7 nitrogen and oxygen atoms in total. The Morgan fingerprint density at radius 3 is 2.65 bits per heavy atom. The van der Waals surface area contributed by atoms with Crippen molar-refractivity contribution < 1.29 is 9.59 Å². The zero-order valence-electron chi connectivity index (χ0n) is 13.6. The average Bonchev–Trinajstić information content (AvgIpc) is 3.25. The van der Waals surface area contributed by atoms with Crippen LogP contribution in [0.4, 0.5) is 0 Å². The molecule has 1 aromatic heterocycles. The van der Waals surface area contributed by atoms with E-state index in [4.69, 9.17) is 0 Å². The molecule has 0 bridgehead atoms. The second-order valence-electron chi connectivity index (χ2n) is 6.68. The summed E-state index contributed by atoms with van der Waals surface area (Å²) in [4.78, 5) is 30.4. The van der Waals surface area contributed by atoms with Gasteiger partial charge in [-0.25, -0.2) is 9.67 Å². The Labute approximate surface area is 136 Å². The molecule has 7 heteroatoms. The minimum atomic E-state index is -0.371. The number of carbonyl (C=O) groups is 2. The van der Waals surface area contributed by atoms with Gasteiger partial charge in [-0.3, -0.25) is 9.59 Å². The van der Waals surface area contributed by atoms with E-state index in [0.29, 0.717) is 6.54 Å². The number of likely N-dealkylation sites (tertiary alicyclic amines) is 1. The van der Waals surface area contributed by atoms with E-state index in [1.807, 2.05) is 9.58 Å². The zero-order chi connectivity index (χ0) is 16.2. The summed E-state index contributed by atoms with van der Waals surface area (Å²) in [6, 6.07) is -0.193. The standard InChI is InChI=1S/C16H25N5O2/c1-12(22)19-15(13-5-2-3-6-13)16(23)20-8-4-7-14(9-20)21-11-17-10-18-21/h10-11,13-15H,2-9H2,1H3,(H,19,22)/t14-,15+/m0/s1. The van der Waals surface area contributed by atoms with Crippen molar-refractivity contribution >= 4 is 11.8 Å². The number of hydrogen-bond donors (Lipinski definition) is 1. The molecule has 0 radical (unpaired) electrons. The lowest BCUT2D eigenvalue weighted by Crippen LogP contribution is -2.53. The van der Waals surface area contributed by atoms with Crippen LogP contribution in [-0.2, 0) is 9.59 Å². The van der Waals surface area contributed by atoms with Gasteiger partial charge in [0.05, 0.1) is 6.04 Å². The molecule has 2 aliphatic rings. The molecular formula is C16H25N5O2. The van der Waals surface area contributed by atoms with Gasteiger partial charge in [0, 0.05) is 20.0 Å². The Bertz CT molecular complexity index is 539. The summed E-state index contributed by atoms with van der Waals surface area (Å²) in [6.45, 7) is 2.89. The van der Waals surface area contributed by atoms with Crippen LogP contribution < -0.4 is 5.32 Å². The van der Waals surface area contributed by atoms with Gasteiger partial charge in [-0.05, 0) is 31.6 Å². The molecule has 23 heavy (non-hydrogen) atoms. The fourth-order valence-electron chi connectivity index (χ4n) is 3.86. The second-order valence-corrected chi connectivity index (χ2v) is 6.68. The van der Waals surface area contributed by atoms with Crippen LogP contribution in [0.3, 0.4) is 0 Å². The highest BCUT2D eigenvalue weighted by Gasteiger charge is 2.36. The third-order valence-corrected chi connectivity index (χ3v) is 5.01. The van der Waals surface area contributed by atoms with Gasteiger partial charge in [0.15, 0.2) is 0 Å². The van der Waals surface area contributed by atoms with E-state index < -0.39 is 0 Å². The highest BCUT2D eigenvalue weighted by molar-refractivity contribution is 5.87. The van der Waals surface area contributed by atoms with Gasteiger partial charge < -0.3 is 10.2 Å². The van der Waals surface area contributed by atoms with Crippen LogP contribution >= 0.6 is 0 Å². The first-order valence-corrected chi connectivity index (χ1v) is 8.55. The number of rotatable bonds is 4. The van der Waals surface area contributed by atoms with Gasteiger partial charge in [-0.1, -0.05) is 12.8 Å². The van der Waals surface area contributed by atoms with Gasteiger partial charge in [-0.15, -0.1) is 0 Å². The summed E-state index contributed by atoms with van der Waals surface area (Å²) < 4.78 is 1.84. The molecule has 126 valence electrons.